The Morgan fingerprint density at radius 3 is 2.66 bits per heavy atom. The Balaban J connectivity index is 1.44. The highest BCUT2D eigenvalue weighted by Gasteiger charge is 2.43. The smallest absolute Gasteiger partial charge is 0.253 e. The van der Waals surface area contributed by atoms with Gasteiger partial charge in [0.2, 0.25) is 0 Å². The van der Waals surface area contributed by atoms with Crippen LogP contribution in [0.5, 0.6) is 0 Å². The van der Waals surface area contributed by atoms with Crippen molar-refractivity contribution in [3.8, 4) is 0 Å². The van der Waals surface area contributed by atoms with Gasteiger partial charge in [-0.3, -0.25) is 9.69 Å². The molecule has 0 unspecified atom stereocenters. The minimum atomic E-state index is -0.791. The first kappa shape index (κ1) is 20.0. The summed E-state index contributed by atoms with van der Waals surface area (Å²) in [7, 11) is 0. The van der Waals surface area contributed by atoms with E-state index < -0.39 is 11.6 Å². The molecule has 0 aliphatic carbocycles. The highest BCUT2D eigenvalue weighted by atomic mass is 19.2. The molecule has 5 heteroatoms. The van der Waals surface area contributed by atoms with Gasteiger partial charge in [-0.2, -0.15) is 0 Å². The lowest BCUT2D eigenvalue weighted by molar-refractivity contribution is 0.0672. The van der Waals surface area contributed by atoms with Gasteiger partial charge in [0.05, 0.1) is 0 Å². The van der Waals surface area contributed by atoms with Crippen molar-refractivity contribution >= 4 is 5.91 Å². The van der Waals surface area contributed by atoms with Gasteiger partial charge in [0.1, 0.15) is 0 Å². The average molecular weight is 398 g/mol. The van der Waals surface area contributed by atoms with Crippen LogP contribution in [0.1, 0.15) is 46.3 Å². The number of nitrogens with zero attached hydrogens (tertiary/aromatic N) is 2. The molecular formula is C24H28F2N2O. The fraction of sp³-hybridized carbons (Fsp3) is 0.458. The maximum atomic E-state index is 14.1. The summed E-state index contributed by atoms with van der Waals surface area (Å²) in [6, 6.07) is 10.3. The number of piperidine rings is 1. The lowest BCUT2D eigenvalue weighted by Gasteiger charge is -2.40. The summed E-state index contributed by atoms with van der Waals surface area (Å²) in [5.41, 5.74) is 3.53. The van der Waals surface area contributed by atoms with E-state index in [2.05, 4.69) is 4.90 Å². The normalized spacial score (nSPS) is 22.4. The highest BCUT2D eigenvalue weighted by molar-refractivity contribution is 5.94. The van der Waals surface area contributed by atoms with Crippen LogP contribution in [0.15, 0.2) is 36.4 Å². The van der Waals surface area contributed by atoms with E-state index in [-0.39, 0.29) is 11.3 Å². The fourth-order valence-corrected chi connectivity index (χ4v) is 4.86. The number of amides is 1. The molecule has 2 fully saturated rings. The van der Waals surface area contributed by atoms with Crippen molar-refractivity contribution in [1.82, 2.24) is 9.80 Å². The highest BCUT2D eigenvalue weighted by Crippen LogP contribution is 2.40. The van der Waals surface area contributed by atoms with E-state index >= 15 is 0 Å². The molecule has 1 atom stereocenters. The van der Waals surface area contributed by atoms with Gasteiger partial charge in [0.25, 0.3) is 5.91 Å². The molecule has 154 valence electrons. The van der Waals surface area contributed by atoms with E-state index in [1.54, 1.807) is 12.1 Å². The Hall–Kier alpha value is -2.27. The lowest BCUT2D eigenvalue weighted by Crippen LogP contribution is -2.45. The Morgan fingerprint density at radius 2 is 1.86 bits per heavy atom. The quantitative estimate of drug-likeness (QED) is 0.748. The van der Waals surface area contributed by atoms with Gasteiger partial charge in [-0.1, -0.05) is 18.2 Å². The van der Waals surface area contributed by atoms with E-state index in [1.807, 2.05) is 36.9 Å². The molecule has 3 nitrogen and oxygen atoms in total. The first-order valence-corrected chi connectivity index (χ1v) is 10.4. The van der Waals surface area contributed by atoms with Crippen LogP contribution < -0.4 is 0 Å². The molecule has 1 amide bonds. The van der Waals surface area contributed by atoms with Gasteiger partial charge in [0.15, 0.2) is 11.6 Å². The molecule has 2 heterocycles. The van der Waals surface area contributed by atoms with Crippen molar-refractivity contribution in [3.63, 3.8) is 0 Å². The Morgan fingerprint density at radius 1 is 1.03 bits per heavy atom. The summed E-state index contributed by atoms with van der Waals surface area (Å²) in [4.78, 5) is 17.2. The Bertz CT molecular complexity index is 929. The van der Waals surface area contributed by atoms with Crippen molar-refractivity contribution in [2.24, 2.45) is 5.41 Å². The van der Waals surface area contributed by atoms with E-state index in [0.29, 0.717) is 12.1 Å². The van der Waals surface area contributed by atoms with Crippen LogP contribution in [0.25, 0.3) is 0 Å². The second-order valence-corrected chi connectivity index (χ2v) is 8.80. The second-order valence-electron chi connectivity index (χ2n) is 8.80. The van der Waals surface area contributed by atoms with E-state index in [0.717, 1.165) is 62.6 Å². The number of benzene rings is 2. The molecule has 2 aromatic rings. The number of likely N-dealkylation sites (tertiary alicyclic amines) is 2. The number of hydrogen-bond acceptors (Lipinski definition) is 2. The van der Waals surface area contributed by atoms with Gasteiger partial charge in [-0.15, -0.1) is 0 Å². The summed E-state index contributed by atoms with van der Waals surface area (Å²) in [6.07, 6.45) is 3.06. The molecule has 2 aliphatic rings. The summed E-state index contributed by atoms with van der Waals surface area (Å²) < 4.78 is 27.6. The number of carbonyl (C=O) groups is 1. The zero-order valence-corrected chi connectivity index (χ0v) is 17.2. The Labute approximate surface area is 171 Å². The molecule has 2 aromatic carbocycles. The summed E-state index contributed by atoms with van der Waals surface area (Å²) in [5, 5.41) is 0. The standard InChI is InChI=1S/C24H28F2N2O/c1-17-7-8-19(13-18(17)2)23(29)28-12-10-24(16-28)9-4-11-27(15-24)14-20-5-3-6-21(25)22(20)26/h3,5-8,13H,4,9-12,14-16H2,1-2H3/t24-/m1/s1. The topological polar surface area (TPSA) is 23.6 Å². The third-order valence-electron chi connectivity index (χ3n) is 6.65. The summed E-state index contributed by atoms with van der Waals surface area (Å²) >= 11 is 0. The van der Waals surface area contributed by atoms with Gasteiger partial charge >= 0.3 is 0 Å². The zero-order chi connectivity index (χ0) is 20.6. The number of carbonyl (C=O) groups excluding carboxylic acids is 1. The average Bonchev–Trinajstić information content (AvgIpc) is 3.10. The number of aryl methyl sites for hydroxylation is 2. The molecule has 0 saturated carbocycles. The molecule has 2 saturated heterocycles. The van der Waals surface area contributed by atoms with Crippen molar-refractivity contribution in [3.05, 3.63) is 70.3 Å². The number of hydrogen-bond donors (Lipinski definition) is 0. The van der Waals surface area contributed by atoms with Crippen molar-refractivity contribution < 1.29 is 13.6 Å². The van der Waals surface area contributed by atoms with E-state index in [9.17, 15) is 13.6 Å². The largest absolute Gasteiger partial charge is 0.338 e. The van der Waals surface area contributed by atoms with Gasteiger partial charge < -0.3 is 4.90 Å². The van der Waals surface area contributed by atoms with Crippen LogP contribution in [-0.2, 0) is 6.54 Å². The third-order valence-corrected chi connectivity index (χ3v) is 6.65. The first-order chi connectivity index (χ1) is 13.9. The van der Waals surface area contributed by atoms with Gasteiger partial charge in [0, 0.05) is 42.7 Å². The van der Waals surface area contributed by atoms with Crippen LogP contribution in [0.3, 0.4) is 0 Å². The lowest BCUT2D eigenvalue weighted by atomic mass is 9.79. The van der Waals surface area contributed by atoms with Gasteiger partial charge in [-0.25, -0.2) is 8.78 Å². The maximum Gasteiger partial charge on any atom is 0.253 e. The minimum Gasteiger partial charge on any atom is -0.338 e. The van der Waals surface area contributed by atoms with Crippen LogP contribution in [0.2, 0.25) is 0 Å². The second kappa shape index (κ2) is 7.86. The number of rotatable bonds is 3. The SMILES string of the molecule is Cc1ccc(C(=O)N2CC[C@@]3(CCCN(Cc4cccc(F)c4F)C3)C2)cc1C. The molecule has 1 spiro atoms. The van der Waals surface area contributed by atoms with E-state index in [4.69, 9.17) is 0 Å². The molecule has 0 radical (unpaired) electrons. The maximum absolute atomic E-state index is 14.1. The van der Waals surface area contributed by atoms with Crippen molar-refractivity contribution in [1.29, 1.82) is 0 Å². The monoisotopic (exact) mass is 398 g/mol. The molecule has 2 aliphatic heterocycles. The first-order valence-electron chi connectivity index (χ1n) is 10.4. The molecule has 0 N–H and O–H groups in total. The van der Waals surface area contributed by atoms with E-state index in [1.165, 1.54) is 5.56 Å². The molecule has 29 heavy (non-hydrogen) atoms. The Kier molecular flexibility index (Phi) is 5.43. The molecule has 4 rings (SSSR count). The summed E-state index contributed by atoms with van der Waals surface area (Å²) in [6.45, 7) is 7.68. The van der Waals surface area contributed by atoms with Crippen LogP contribution in [0.4, 0.5) is 8.78 Å². The van der Waals surface area contributed by atoms with Crippen LogP contribution in [-0.4, -0.2) is 41.9 Å². The van der Waals surface area contributed by atoms with Crippen LogP contribution >= 0.6 is 0 Å². The zero-order valence-electron chi connectivity index (χ0n) is 17.2. The van der Waals surface area contributed by atoms with Crippen molar-refractivity contribution in [2.75, 3.05) is 26.2 Å². The van der Waals surface area contributed by atoms with Crippen LogP contribution in [0, 0.1) is 30.9 Å². The van der Waals surface area contributed by atoms with Gasteiger partial charge in [-0.05, 0) is 69.0 Å². The van der Waals surface area contributed by atoms with Crippen molar-refractivity contribution in [2.45, 2.75) is 39.7 Å². The fourth-order valence-electron chi connectivity index (χ4n) is 4.86. The number of halogens is 2. The predicted octanol–water partition coefficient (Wildman–Crippen LogP) is 4.71. The minimum absolute atomic E-state index is 0.0530. The summed E-state index contributed by atoms with van der Waals surface area (Å²) in [5.74, 6) is -1.44. The third kappa shape index (κ3) is 4.06. The molecular weight excluding hydrogens is 370 g/mol. The predicted molar refractivity (Wildman–Crippen MR) is 110 cm³/mol. The molecule has 0 aromatic heterocycles. The molecule has 0 bridgehead atoms.